The van der Waals surface area contributed by atoms with Gasteiger partial charge in [-0.25, -0.2) is 0 Å². The molecule has 98 valence electrons. The Kier molecular flexibility index (Phi) is 8.87. The lowest BCUT2D eigenvalue weighted by Gasteiger charge is -2.29. The Morgan fingerprint density at radius 3 is 2.06 bits per heavy atom. The van der Waals surface area contributed by atoms with Crippen molar-refractivity contribution in [3.63, 3.8) is 0 Å². The third-order valence-electron chi connectivity index (χ3n) is 3.43. The summed E-state index contributed by atoms with van der Waals surface area (Å²) >= 11 is 0. The summed E-state index contributed by atoms with van der Waals surface area (Å²) in [6.45, 7) is 14.3. The lowest BCUT2D eigenvalue weighted by molar-refractivity contribution is 0.420. The van der Waals surface area contributed by atoms with Crippen LogP contribution in [0.25, 0.3) is 0 Å². The molecule has 1 nitrogen and oxygen atoms in total. The second kappa shape index (κ2) is 9.29. The third kappa shape index (κ3) is 5.92. The molecule has 0 radical (unpaired) electrons. The van der Waals surface area contributed by atoms with E-state index >= 15 is 0 Å². The minimum absolute atomic E-state index is 0.992. The maximum Gasteiger partial charge on any atom is 0.250 e. The van der Waals surface area contributed by atoms with Crippen LogP contribution in [0.1, 0.15) is 40.0 Å². The first kappa shape index (κ1) is 16.2. The Morgan fingerprint density at radius 1 is 1.06 bits per heavy atom. The Balaban J connectivity index is 4.44. The monoisotopic (exact) mass is 252 g/mol. The number of hydrogen-bond acceptors (Lipinski definition) is 1. The van der Waals surface area contributed by atoms with Crippen LogP contribution < -0.4 is 0 Å². The molecular weight excluding hydrogens is 224 g/mol. The molecule has 0 amide bonds. The predicted octanol–water partition coefficient (Wildman–Crippen LogP) is 5.43. The van der Waals surface area contributed by atoms with E-state index in [1.807, 2.05) is 12.2 Å². The van der Waals surface area contributed by atoms with Crippen molar-refractivity contribution in [3.8, 4) is 0 Å². The van der Waals surface area contributed by atoms with E-state index < -0.39 is 8.32 Å². The standard InChI is InChI=1S/C15H28OSi/c1-6-11-12-13-14-15(7-2)16-17(8-3,9-4)10-5/h6-7,14H,1-2,8-13H2,3-5H3. The number of unbranched alkanes of at least 4 members (excludes halogenated alkanes) is 2. The van der Waals surface area contributed by atoms with Gasteiger partial charge in [0.15, 0.2) is 0 Å². The van der Waals surface area contributed by atoms with Crippen LogP contribution in [-0.4, -0.2) is 8.32 Å². The summed E-state index contributed by atoms with van der Waals surface area (Å²) in [7, 11) is -1.53. The lowest BCUT2D eigenvalue weighted by Crippen LogP contribution is -2.35. The van der Waals surface area contributed by atoms with E-state index in [4.69, 9.17) is 4.43 Å². The molecule has 0 aromatic carbocycles. The molecule has 0 N–H and O–H groups in total. The van der Waals surface area contributed by atoms with Gasteiger partial charge in [-0.3, -0.25) is 0 Å². The summed E-state index contributed by atoms with van der Waals surface area (Å²) in [4.78, 5) is 0. The molecule has 2 heteroatoms. The molecule has 0 bridgehead atoms. The number of rotatable bonds is 10. The average molecular weight is 252 g/mol. The van der Waals surface area contributed by atoms with Crippen molar-refractivity contribution in [2.45, 2.75) is 58.2 Å². The quantitative estimate of drug-likeness (QED) is 0.165. The van der Waals surface area contributed by atoms with Gasteiger partial charge < -0.3 is 4.43 Å². The summed E-state index contributed by atoms with van der Waals surface area (Å²) in [5.74, 6) is 0.992. The first-order valence-corrected chi connectivity index (χ1v) is 9.33. The van der Waals surface area contributed by atoms with Crippen LogP contribution in [0.2, 0.25) is 18.1 Å². The molecule has 0 atom stereocenters. The molecular formula is C15H28OSi. The van der Waals surface area contributed by atoms with Gasteiger partial charge in [-0.1, -0.05) is 33.4 Å². The SMILES string of the molecule is C=CCCCC=C(C=C)O[Si](CC)(CC)CC. The molecule has 0 aromatic rings. The fourth-order valence-corrected chi connectivity index (χ4v) is 4.49. The summed E-state index contributed by atoms with van der Waals surface area (Å²) in [6, 6.07) is 3.54. The minimum Gasteiger partial charge on any atom is -0.544 e. The number of allylic oxidation sites excluding steroid dienone is 3. The predicted molar refractivity (Wildman–Crippen MR) is 80.6 cm³/mol. The van der Waals surface area contributed by atoms with E-state index in [1.165, 1.54) is 18.1 Å². The highest BCUT2D eigenvalue weighted by Gasteiger charge is 2.30. The van der Waals surface area contributed by atoms with Gasteiger partial charge in [-0.05, 0) is 49.5 Å². The van der Waals surface area contributed by atoms with Gasteiger partial charge in [0.1, 0.15) is 0 Å². The van der Waals surface area contributed by atoms with Crippen molar-refractivity contribution in [2.24, 2.45) is 0 Å². The molecule has 0 saturated heterocycles. The molecule has 0 aliphatic rings. The zero-order valence-corrected chi connectivity index (χ0v) is 12.8. The van der Waals surface area contributed by atoms with E-state index in [-0.39, 0.29) is 0 Å². The van der Waals surface area contributed by atoms with Gasteiger partial charge >= 0.3 is 0 Å². The van der Waals surface area contributed by atoms with Crippen LogP contribution in [0.4, 0.5) is 0 Å². The molecule has 0 aromatic heterocycles. The smallest absolute Gasteiger partial charge is 0.250 e. The minimum atomic E-state index is -1.53. The van der Waals surface area contributed by atoms with Gasteiger partial charge in [0.2, 0.25) is 8.32 Å². The van der Waals surface area contributed by atoms with Crippen molar-refractivity contribution in [3.05, 3.63) is 37.1 Å². The third-order valence-corrected chi connectivity index (χ3v) is 7.96. The Morgan fingerprint density at radius 2 is 1.65 bits per heavy atom. The highest BCUT2D eigenvalue weighted by atomic mass is 28.4. The first-order valence-electron chi connectivity index (χ1n) is 6.80. The Labute approximate surface area is 108 Å². The molecule has 0 fully saturated rings. The zero-order valence-electron chi connectivity index (χ0n) is 11.8. The molecule has 0 unspecified atom stereocenters. The average Bonchev–Trinajstić information content (AvgIpc) is 2.39. The van der Waals surface area contributed by atoms with Gasteiger partial charge in [-0.2, -0.15) is 0 Å². The molecule has 0 saturated carbocycles. The van der Waals surface area contributed by atoms with E-state index in [2.05, 4.69) is 40.0 Å². The summed E-state index contributed by atoms with van der Waals surface area (Å²) in [5.41, 5.74) is 0. The fourth-order valence-electron chi connectivity index (χ4n) is 1.89. The normalized spacial score (nSPS) is 12.3. The Bertz CT molecular complexity index is 243. The Hall–Kier alpha value is -0.763. The van der Waals surface area contributed by atoms with Crippen LogP contribution in [-0.2, 0) is 4.43 Å². The molecule has 0 spiro atoms. The van der Waals surface area contributed by atoms with Gasteiger partial charge in [-0.15, -0.1) is 6.58 Å². The summed E-state index contributed by atoms with van der Waals surface area (Å²) in [5, 5.41) is 0. The maximum absolute atomic E-state index is 6.27. The van der Waals surface area contributed by atoms with E-state index in [9.17, 15) is 0 Å². The van der Waals surface area contributed by atoms with Gasteiger partial charge in [0, 0.05) is 0 Å². The first-order chi connectivity index (χ1) is 8.17. The van der Waals surface area contributed by atoms with Gasteiger partial charge in [0.05, 0.1) is 5.76 Å². The van der Waals surface area contributed by atoms with Crippen LogP contribution >= 0.6 is 0 Å². The molecule has 0 rings (SSSR count). The summed E-state index contributed by atoms with van der Waals surface area (Å²) < 4.78 is 6.27. The molecule has 17 heavy (non-hydrogen) atoms. The molecule has 0 heterocycles. The highest BCUT2D eigenvalue weighted by molar-refractivity contribution is 6.73. The van der Waals surface area contributed by atoms with Crippen LogP contribution in [0, 0.1) is 0 Å². The van der Waals surface area contributed by atoms with E-state index in [0.717, 1.165) is 25.0 Å². The maximum atomic E-state index is 6.27. The van der Waals surface area contributed by atoms with E-state index in [1.54, 1.807) is 0 Å². The topological polar surface area (TPSA) is 9.23 Å². The molecule has 0 aliphatic heterocycles. The highest BCUT2D eigenvalue weighted by Crippen LogP contribution is 2.25. The largest absolute Gasteiger partial charge is 0.544 e. The van der Waals surface area contributed by atoms with Crippen molar-refractivity contribution < 1.29 is 4.43 Å². The van der Waals surface area contributed by atoms with Crippen LogP contribution in [0.5, 0.6) is 0 Å². The fraction of sp³-hybridized carbons (Fsp3) is 0.600. The van der Waals surface area contributed by atoms with Crippen molar-refractivity contribution >= 4 is 8.32 Å². The summed E-state index contributed by atoms with van der Waals surface area (Å²) in [6.07, 6.45) is 9.26. The van der Waals surface area contributed by atoms with Crippen LogP contribution in [0.15, 0.2) is 37.1 Å². The van der Waals surface area contributed by atoms with Crippen LogP contribution in [0.3, 0.4) is 0 Å². The molecule has 0 aliphatic carbocycles. The van der Waals surface area contributed by atoms with Crippen molar-refractivity contribution in [2.75, 3.05) is 0 Å². The van der Waals surface area contributed by atoms with E-state index in [0.29, 0.717) is 0 Å². The zero-order chi connectivity index (χ0) is 13.1. The van der Waals surface area contributed by atoms with Crippen molar-refractivity contribution in [1.29, 1.82) is 0 Å². The van der Waals surface area contributed by atoms with Gasteiger partial charge in [0.25, 0.3) is 0 Å². The van der Waals surface area contributed by atoms with Crippen molar-refractivity contribution in [1.82, 2.24) is 0 Å². The second-order valence-corrected chi connectivity index (χ2v) is 9.07. The number of hydrogen-bond donors (Lipinski definition) is 0. The lowest BCUT2D eigenvalue weighted by atomic mass is 10.2. The second-order valence-electron chi connectivity index (χ2n) is 4.38.